The van der Waals surface area contributed by atoms with E-state index in [4.69, 9.17) is 21.1 Å². The standard InChI is InChI=1S/C23H25ClN2O3/c1-16(2)29-22-20(24)13-18(14-21(22)28-3)12-19(15-25)23(27)26-11-7-10-17-8-5-4-6-9-17/h4-6,8-9,12-14,16H,7,10-11H2,1-3H3,(H,26,27)/b19-12-. The van der Waals surface area contributed by atoms with Crippen molar-refractivity contribution < 1.29 is 14.3 Å². The second-order valence-electron chi connectivity index (χ2n) is 6.72. The molecule has 29 heavy (non-hydrogen) atoms. The molecule has 152 valence electrons. The van der Waals surface area contributed by atoms with Crippen molar-refractivity contribution in [3.8, 4) is 17.6 Å². The number of carbonyl (C=O) groups excluding carboxylic acids is 1. The third kappa shape index (κ3) is 6.85. The Bertz CT molecular complexity index is 902. The molecule has 0 aliphatic heterocycles. The number of nitrogens with one attached hydrogen (secondary N) is 1. The zero-order valence-electron chi connectivity index (χ0n) is 16.9. The van der Waals surface area contributed by atoms with Crippen LogP contribution in [0.1, 0.15) is 31.4 Å². The third-order valence-electron chi connectivity index (χ3n) is 4.05. The summed E-state index contributed by atoms with van der Waals surface area (Å²) in [6.07, 6.45) is 3.06. The smallest absolute Gasteiger partial charge is 0.261 e. The highest BCUT2D eigenvalue weighted by atomic mass is 35.5. The maximum Gasteiger partial charge on any atom is 0.261 e. The molecule has 1 amide bonds. The fraction of sp³-hybridized carbons (Fsp3) is 0.304. The van der Waals surface area contributed by atoms with Gasteiger partial charge in [-0.1, -0.05) is 41.9 Å². The van der Waals surface area contributed by atoms with Crippen LogP contribution in [0.2, 0.25) is 5.02 Å². The number of ether oxygens (including phenoxy) is 2. The largest absolute Gasteiger partial charge is 0.493 e. The number of nitriles is 1. The number of nitrogens with zero attached hydrogens (tertiary/aromatic N) is 1. The Morgan fingerprint density at radius 2 is 2.00 bits per heavy atom. The van der Waals surface area contributed by atoms with Crippen LogP contribution in [-0.2, 0) is 11.2 Å². The molecule has 0 heterocycles. The summed E-state index contributed by atoms with van der Waals surface area (Å²) in [5.74, 6) is 0.460. The molecule has 0 radical (unpaired) electrons. The van der Waals surface area contributed by atoms with Gasteiger partial charge < -0.3 is 14.8 Å². The van der Waals surface area contributed by atoms with Crippen molar-refractivity contribution in [3.63, 3.8) is 0 Å². The van der Waals surface area contributed by atoms with Crippen molar-refractivity contribution in [1.82, 2.24) is 5.32 Å². The van der Waals surface area contributed by atoms with E-state index in [2.05, 4.69) is 5.32 Å². The number of rotatable bonds is 9. The van der Waals surface area contributed by atoms with Crippen LogP contribution in [0, 0.1) is 11.3 Å². The second kappa shape index (κ2) is 11.1. The number of aryl methyl sites for hydroxylation is 1. The fourth-order valence-corrected chi connectivity index (χ4v) is 2.99. The van der Waals surface area contributed by atoms with Crippen molar-refractivity contribution in [2.24, 2.45) is 0 Å². The van der Waals surface area contributed by atoms with E-state index in [1.54, 1.807) is 12.1 Å². The van der Waals surface area contributed by atoms with Crippen molar-refractivity contribution in [1.29, 1.82) is 5.26 Å². The van der Waals surface area contributed by atoms with Gasteiger partial charge in [-0.05, 0) is 56.0 Å². The van der Waals surface area contributed by atoms with Crippen LogP contribution in [0.4, 0.5) is 0 Å². The van der Waals surface area contributed by atoms with Gasteiger partial charge in [0.05, 0.1) is 18.2 Å². The summed E-state index contributed by atoms with van der Waals surface area (Å²) in [4.78, 5) is 12.4. The Balaban J connectivity index is 2.05. The van der Waals surface area contributed by atoms with Gasteiger partial charge in [0.25, 0.3) is 5.91 Å². The molecule has 0 fully saturated rings. The lowest BCUT2D eigenvalue weighted by Crippen LogP contribution is -2.25. The lowest BCUT2D eigenvalue weighted by Gasteiger charge is -2.15. The maximum atomic E-state index is 12.4. The van der Waals surface area contributed by atoms with Gasteiger partial charge in [-0.3, -0.25) is 4.79 Å². The molecule has 2 aromatic carbocycles. The molecular weight excluding hydrogens is 388 g/mol. The summed E-state index contributed by atoms with van der Waals surface area (Å²) in [5.41, 5.74) is 1.79. The molecule has 0 saturated carbocycles. The van der Waals surface area contributed by atoms with Gasteiger partial charge in [0.1, 0.15) is 11.6 Å². The van der Waals surface area contributed by atoms with Gasteiger partial charge >= 0.3 is 0 Å². The van der Waals surface area contributed by atoms with E-state index < -0.39 is 5.91 Å². The summed E-state index contributed by atoms with van der Waals surface area (Å²) in [5, 5.41) is 12.5. The number of amides is 1. The molecule has 1 N–H and O–H groups in total. The van der Waals surface area contributed by atoms with Crippen molar-refractivity contribution in [2.45, 2.75) is 32.8 Å². The molecule has 2 aromatic rings. The van der Waals surface area contributed by atoms with E-state index in [-0.39, 0.29) is 11.7 Å². The number of hydrogen-bond donors (Lipinski definition) is 1. The number of hydrogen-bond acceptors (Lipinski definition) is 4. The van der Waals surface area contributed by atoms with Crippen LogP contribution >= 0.6 is 11.6 Å². The summed E-state index contributed by atoms with van der Waals surface area (Å²) in [6.45, 7) is 4.26. The molecule has 5 nitrogen and oxygen atoms in total. The van der Waals surface area contributed by atoms with E-state index in [9.17, 15) is 10.1 Å². The molecule has 0 spiro atoms. The van der Waals surface area contributed by atoms with Crippen molar-refractivity contribution in [2.75, 3.05) is 13.7 Å². The number of benzene rings is 2. The summed E-state index contributed by atoms with van der Waals surface area (Å²) < 4.78 is 11.0. The van der Waals surface area contributed by atoms with Gasteiger partial charge in [-0.25, -0.2) is 0 Å². The Morgan fingerprint density at radius 3 is 2.62 bits per heavy atom. The van der Waals surface area contributed by atoms with Gasteiger partial charge in [-0.2, -0.15) is 5.26 Å². The van der Waals surface area contributed by atoms with E-state index >= 15 is 0 Å². The highest BCUT2D eigenvalue weighted by Crippen LogP contribution is 2.37. The predicted octanol–water partition coefficient (Wildman–Crippen LogP) is 4.79. The molecular formula is C23H25ClN2O3. The highest BCUT2D eigenvalue weighted by Gasteiger charge is 2.15. The average Bonchev–Trinajstić information content (AvgIpc) is 2.71. The molecule has 0 unspecified atom stereocenters. The van der Waals surface area contributed by atoms with E-state index in [0.717, 1.165) is 12.8 Å². The number of halogens is 1. The monoisotopic (exact) mass is 412 g/mol. The third-order valence-corrected chi connectivity index (χ3v) is 4.33. The first-order valence-electron chi connectivity index (χ1n) is 9.42. The summed E-state index contributed by atoms with van der Waals surface area (Å²) in [6, 6.07) is 15.3. The number of methoxy groups -OCH3 is 1. The second-order valence-corrected chi connectivity index (χ2v) is 7.12. The zero-order chi connectivity index (χ0) is 21.2. The Labute approximate surface area is 176 Å². The number of carbonyl (C=O) groups is 1. The Kier molecular flexibility index (Phi) is 8.57. The van der Waals surface area contributed by atoms with Gasteiger partial charge in [0.2, 0.25) is 0 Å². The normalized spacial score (nSPS) is 11.1. The van der Waals surface area contributed by atoms with Crippen LogP contribution in [0.3, 0.4) is 0 Å². The van der Waals surface area contributed by atoms with E-state index in [0.29, 0.717) is 28.6 Å². The lowest BCUT2D eigenvalue weighted by atomic mass is 10.1. The van der Waals surface area contributed by atoms with Crippen molar-refractivity contribution in [3.05, 3.63) is 64.2 Å². The molecule has 0 bridgehead atoms. The minimum atomic E-state index is -0.418. The molecule has 2 rings (SSSR count). The van der Waals surface area contributed by atoms with Gasteiger partial charge in [0, 0.05) is 6.54 Å². The van der Waals surface area contributed by atoms with Crippen LogP contribution in [0.25, 0.3) is 6.08 Å². The quantitative estimate of drug-likeness (QED) is 0.365. The summed E-state index contributed by atoms with van der Waals surface area (Å²) >= 11 is 6.31. The van der Waals surface area contributed by atoms with E-state index in [1.165, 1.54) is 18.7 Å². The maximum absolute atomic E-state index is 12.4. The fourth-order valence-electron chi connectivity index (χ4n) is 2.72. The van der Waals surface area contributed by atoms with Gasteiger partial charge in [0.15, 0.2) is 11.5 Å². The minimum Gasteiger partial charge on any atom is -0.493 e. The predicted molar refractivity (Wildman–Crippen MR) is 115 cm³/mol. The lowest BCUT2D eigenvalue weighted by molar-refractivity contribution is -0.117. The first-order valence-corrected chi connectivity index (χ1v) is 9.80. The topological polar surface area (TPSA) is 71.3 Å². The first-order chi connectivity index (χ1) is 13.9. The van der Waals surface area contributed by atoms with Crippen molar-refractivity contribution >= 4 is 23.6 Å². The Hall–Kier alpha value is -2.97. The van der Waals surface area contributed by atoms with Crippen LogP contribution in [0.15, 0.2) is 48.0 Å². The SMILES string of the molecule is COc1cc(/C=C(/C#N)C(=O)NCCCc2ccccc2)cc(Cl)c1OC(C)C. The summed E-state index contributed by atoms with van der Waals surface area (Å²) in [7, 11) is 1.51. The molecule has 0 aliphatic rings. The molecule has 0 saturated heterocycles. The molecule has 0 aromatic heterocycles. The molecule has 6 heteroatoms. The van der Waals surface area contributed by atoms with Crippen LogP contribution in [0.5, 0.6) is 11.5 Å². The Morgan fingerprint density at radius 1 is 1.28 bits per heavy atom. The first kappa shape index (κ1) is 22.3. The minimum absolute atomic E-state index is 0.000332. The highest BCUT2D eigenvalue weighted by molar-refractivity contribution is 6.32. The molecule has 0 atom stereocenters. The molecule has 0 aliphatic carbocycles. The van der Waals surface area contributed by atoms with E-state index in [1.807, 2.05) is 50.2 Å². The van der Waals surface area contributed by atoms with Crippen LogP contribution in [-0.4, -0.2) is 25.7 Å². The van der Waals surface area contributed by atoms with Gasteiger partial charge in [-0.15, -0.1) is 0 Å². The zero-order valence-corrected chi connectivity index (χ0v) is 17.6. The average molecular weight is 413 g/mol. The van der Waals surface area contributed by atoms with Crippen LogP contribution < -0.4 is 14.8 Å².